The Morgan fingerprint density at radius 3 is 2.55 bits per heavy atom. The molecule has 1 aromatic heterocycles. The Kier molecular flexibility index (Phi) is 7.26. The maximum absolute atomic E-state index is 12.2. The summed E-state index contributed by atoms with van der Waals surface area (Å²) in [7, 11) is 1.62. The second kappa shape index (κ2) is 10.3. The number of nitrogens with zero attached hydrogens (tertiary/aromatic N) is 2. The number of thioether (sulfide) groups is 1. The topological polar surface area (TPSA) is 75.0 Å². The van der Waals surface area contributed by atoms with E-state index < -0.39 is 0 Å². The van der Waals surface area contributed by atoms with Crippen molar-refractivity contribution in [3.63, 3.8) is 0 Å². The Labute approximate surface area is 174 Å². The molecular formula is C23H21N3O2S. The van der Waals surface area contributed by atoms with Crippen LogP contribution in [-0.4, -0.2) is 30.3 Å². The molecular weight excluding hydrogens is 382 g/mol. The number of carbonyl (C=O) groups is 1. The Hall–Kier alpha value is -3.30. The maximum Gasteiger partial charge on any atom is 0.230 e. The molecule has 1 amide bonds. The molecule has 2 aromatic carbocycles. The highest BCUT2D eigenvalue weighted by molar-refractivity contribution is 8.00. The monoisotopic (exact) mass is 403 g/mol. The summed E-state index contributed by atoms with van der Waals surface area (Å²) in [6.45, 7) is 0.577. The van der Waals surface area contributed by atoms with Crippen LogP contribution >= 0.6 is 11.8 Å². The van der Waals surface area contributed by atoms with Gasteiger partial charge in [-0.2, -0.15) is 5.26 Å². The van der Waals surface area contributed by atoms with Crippen LogP contribution < -0.4 is 10.1 Å². The van der Waals surface area contributed by atoms with E-state index in [2.05, 4.69) is 16.4 Å². The summed E-state index contributed by atoms with van der Waals surface area (Å²) in [4.78, 5) is 16.8. The van der Waals surface area contributed by atoms with Crippen molar-refractivity contribution in [2.24, 2.45) is 0 Å². The zero-order valence-electron chi connectivity index (χ0n) is 16.1. The number of benzene rings is 2. The van der Waals surface area contributed by atoms with E-state index in [4.69, 9.17) is 4.74 Å². The van der Waals surface area contributed by atoms with E-state index >= 15 is 0 Å². The van der Waals surface area contributed by atoms with E-state index in [0.29, 0.717) is 17.1 Å². The van der Waals surface area contributed by atoms with Crippen LogP contribution in [0.15, 0.2) is 71.8 Å². The van der Waals surface area contributed by atoms with Gasteiger partial charge < -0.3 is 10.1 Å². The van der Waals surface area contributed by atoms with Crippen molar-refractivity contribution in [2.75, 3.05) is 19.4 Å². The molecule has 0 bridgehead atoms. The molecule has 0 atom stereocenters. The third kappa shape index (κ3) is 5.84. The first-order valence-electron chi connectivity index (χ1n) is 9.18. The van der Waals surface area contributed by atoms with Crippen LogP contribution in [0.3, 0.4) is 0 Å². The van der Waals surface area contributed by atoms with Gasteiger partial charge in [-0.1, -0.05) is 42.1 Å². The number of hydrogen-bond acceptors (Lipinski definition) is 5. The van der Waals surface area contributed by atoms with Gasteiger partial charge in [0.2, 0.25) is 5.91 Å². The van der Waals surface area contributed by atoms with Crippen molar-refractivity contribution in [2.45, 2.75) is 11.4 Å². The van der Waals surface area contributed by atoms with Gasteiger partial charge in [0.15, 0.2) is 0 Å². The van der Waals surface area contributed by atoms with Crippen molar-refractivity contribution in [3.05, 3.63) is 77.9 Å². The summed E-state index contributed by atoms with van der Waals surface area (Å²) in [5.41, 5.74) is 3.31. The van der Waals surface area contributed by atoms with E-state index in [-0.39, 0.29) is 11.7 Å². The maximum atomic E-state index is 12.2. The zero-order valence-corrected chi connectivity index (χ0v) is 16.9. The quantitative estimate of drug-likeness (QED) is 0.574. The highest BCUT2D eigenvalue weighted by Crippen LogP contribution is 2.26. The number of methoxy groups -OCH3 is 1. The van der Waals surface area contributed by atoms with Crippen LogP contribution in [0.25, 0.3) is 11.3 Å². The van der Waals surface area contributed by atoms with E-state index in [9.17, 15) is 10.1 Å². The van der Waals surface area contributed by atoms with Crippen molar-refractivity contribution >= 4 is 17.7 Å². The second-order valence-electron chi connectivity index (χ2n) is 6.26. The van der Waals surface area contributed by atoms with Gasteiger partial charge in [-0.25, -0.2) is 4.98 Å². The molecule has 0 aliphatic carbocycles. The number of ether oxygens (including phenoxy) is 1. The van der Waals surface area contributed by atoms with Gasteiger partial charge in [0.05, 0.1) is 24.1 Å². The largest absolute Gasteiger partial charge is 0.497 e. The summed E-state index contributed by atoms with van der Waals surface area (Å²) >= 11 is 1.27. The molecule has 146 valence electrons. The number of rotatable bonds is 8. The third-order valence-corrected chi connectivity index (χ3v) is 5.28. The summed E-state index contributed by atoms with van der Waals surface area (Å²) in [6.07, 6.45) is 0.784. The lowest BCUT2D eigenvalue weighted by molar-refractivity contribution is -0.118. The van der Waals surface area contributed by atoms with Crippen molar-refractivity contribution in [1.29, 1.82) is 5.26 Å². The molecule has 0 fully saturated rings. The molecule has 0 saturated heterocycles. The molecule has 1 heterocycles. The highest BCUT2D eigenvalue weighted by atomic mass is 32.2. The van der Waals surface area contributed by atoms with E-state index in [0.717, 1.165) is 23.4 Å². The van der Waals surface area contributed by atoms with Crippen molar-refractivity contribution in [1.82, 2.24) is 10.3 Å². The molecule has 0 aliphatic heterocycles. The normalized spacial score (nSPS) is 10.2. The Balaban J connectivity index is 1.60. The minimum atomic E-state index is -0.0773. The average Bonchev–Trinajstić information content (AvgIpc) is 2.78. The van der Waals surface area contributed by atoms with E-state index in [1.807, 2.05) is 60.7 Å². The van der Waals surface area contributed by atoms with Gasteiger partial charge in [0.25, 0.3) is 0 Å². The molecule has 3 aromatic rings. The Morgan fingerprint density at radius 1 is 1.10 bits per heavy atom. The number of nitriles is 1. The fourth-order valence-electron chi connectivity index (χ4n) is 2.73. The third-order valence-electron chi connectivity index (χ3n) is 4.29. The van der Waals surface area contributed by atoms with Gasteiger partial charge in [-0.3, -0.25) is 4.79 Å². The van der Waals surface area contributed by atoms with E-state index in [1.165, 1.54) is 17.3 Å². The SMILES string of the molecule is COc1ccc(-c2ccc(C#N)c(SCC(=O)NCCc3ccccc3)n2)cc1. The smallest absolute Gasteiger partial charge is 0.230 e. The number of nitrogens with one attached hydrogen (secondary N) is 1. The standard InChI is InChI=1S/C23H21N3O2S/c1-28-20-10-7-18(8-11-20)21-12-9-19(15-24)23(26-21)29-16-22(27)25-14-13-17-5-3-2-4-6-17/h2-12H,13-14,16H2,1H3,(H,25,27). The van der Waals surface area contributed by atoms with Crippen LogP contribution in [0, 0.1) is 11.3 Å². The predicted octanol–water partition coefficient (Wildman–Crippen LogP) is 4.08. The van der Waals surface area contributed by atoms with Crippen molar-refractivity contribution in [3.8, 4) is 23.1 Å². The number of pyridine rings is 1. The van der Waals surface area contributed by atoms with Gasteiger partial charge in [0.1, 0.15) is 16.8 Å². The first kappa shape index (κ1) is 20.4. The predicted molar refractivity (Wildman–Crippen MR) is 115 cm³/mol. The lowest BCUT2D eigenvalue weighted by Crippen LogP contribution is -2.27. The first-order chi connectivity index (χ1) is 14.2. The molecule has 0 saturated carbocycles. The highest BCUT2D eigenvalue weighted by Gasteiger charge is 2.11. The van der Waals surface area contributed by atoms with E-state index in [1.54, 1.807) is 13.2 Å². The number of hydrogen-bond donors (Lipinski definition) is 1. The fraction of sp³-hybridized carbons (Fsp3) is 0.174. The number of amides is 1. The van der Waals surface area contributed by atoms with Crippen LogP contribution in [0.2, 0.25) is 0 Å². The summed E-state index contributed by atoms with van der Waals surface area (Å²) < 4.78 is 5.18. The average molecular weight is 404 g/mol. The minimum absolute atomic E-state index is 0.0773. The van der Waals surface area contributed by atoms with Gasteiger partial charge in [0, 0.05) is 12.1 Å². The van der Waals surface area contributed by atoms with Crippen LogP contribution in [0.1, 0.15) is 11.1 Å². The van der Waals surface area contributed by atoms with Crippen LogP contribution in [-0.2, 0) is 11.2 Å². The molecule has 0 aliphatic rings. The van der Waals surface area contributed by atoms with Gasteiger partial charge in [-0.05, 0) is 48.4 Å². The second-order valence-corrected chi connectivity index (χ2v) is 7.23. The molecule has 6 heteroatoms. The Morgan fingerprint density at radius 2 is 1.86 bits per heavy atom. The fourth-order valence-corrected chi connectivity index (χ4v) is 3.54. The summed E-state index contributed by atoms with van der Waals surface area (Å²) in [5, 5.41) is 12.8. The molecule has 3 rings (SSSR count). The first-order valence-corrected chi connectivity index (χ1v) is 10.2. The minimum Gasteiger partial charge on any atom is -0.497 e. The van der Waals surface area contributed by atoms with Gasteiger partial charge >= 0.3 is 0 Å². The summed E-state index contributed by atoms with van der Waals surface area (Å²) in [5.74, 6) is 0.901. The van der Waals surface area contributed by atoms with Crippen LogP contribution in [0.5, 0.6) is 5.75 Å². The molecule has 5 nitrogen and oxygen atoms in total. The van der Waals surface area contributed by atoms with Gasteiger partial charge in [-0.15, -0.1) is 0 Å². The lowest BCUT2D eigenvalue weighted by Gasteiger charge is -2.08. The Bertz CT molecular complexity index is 999. The van der Waals surface area contributed by atoms with Crippen LogP contribution in [0.4, 0.5) is 0 Å². The molecule has 0 unspecified atom stereocenters. The number of aromatic nitrogens is 1. The molecule has 1 N–H and O–H groups in total. The molecule has 29 heavy (non-hydrogen) atoms. The molecule has 0 radical (unpaired) electrons. The lowest BCUT2D eigenvalue weighted by atomic mass is 10.1. The number of carbonyl (C=O) groups excluding carboxylic acids is 1. The molecule has 0 spiro atoms. The zero-order chi connectivity index (χ0) is 20.5. The summed E-state index contributed by atoms with van der Waals surface area (Å²) in [6, 6.07) is 23.3. The van der Waals surface area contributed by atoms with Crippen molar-refractivity contribution < 1.29 is 9.53 Å².